The van der Waals surface area contributed by atoms with E-state index in [1.807, 2.05) is 27.7 Å². The summed E-state index contributed by atoms with van der Waals surface area (Å²) in [4.78, 5) is 22.9. The van der Waals surface area contributed by atoms with Crippen molar-refractivity contribution in [1.82, 2.24) is 0 Å². The van der Waals surface area contributed by atoms with E-state index in [9.17, 15) is 9.59 Å². The quantitative estimate of drug-likeness (QED) is 0.408. The SMILES string of the molecule is CC(C)CCCOC(=O)/C=C/C(=O)OC(C)C(C)(C)C. The second-order valence-corrected chi connectivity index (χ2v) is 6.48. The summed E-state index contributed by atoms with van der Waals surface area (Å²) in [6.45, 7) is 12.4. The Balaban J connectivity index is 3.98. The molecule has 0 bridgehead atoms. The van der Waals surface area contributed by atoms with Crippen molar-refractivity contribution in [2.24, 2.45) is 11.3 Å². The van der Waals surface area contributed by atoms with Gasteiger partial charge in [-0.05, 0) is 31.1 Å². The maximum Gasteiger partial charge on any atom is 0.331 e. The first-order valence-corrected chi connectivity index (χ1v) is 7.18. The molecular formula is C16H28O4. The van der Waals surface area contributed by atoms with Crippen LogP contribution in [0.3, 0.4) is 0 Å². The Morgan fingerprint density at radius 2 is 1.60 bits per heavy atom. The molecule has 0 spiro atoms. The zero-order valence-corrected chi connectivity index (χ0v) is 13.6. The average Bonchev–Trinajstić information content (AvgIpc) is 2.30. The Morgan fingerprint density at radius 3 is 2.10 bits per heavy atom. The highest BCUT2D eigenvalue weighted by Crippen LogP contribution is 2.21. The van der Waals surface area contributed by atoms with Crippen molar-refractivity contribution < 1.29 is 19.1 Å². The Morgan fingerprint density at radius 1 is 1.05 bits per heavy atom. The summed E-state index contributed by atoms with van der Waals surface area (Å²) in [5.41, 5.74) is -0.124. The average molecular weight is 284 g/mol. The van der Waals surface area contributed by atoms with Gasteiger partial charge in [0.1, 0.15) is 6.10 Å². The van der Waals surface area contributed by atoms with Gasteiger partial charge in [0.25, 0.3) is 0 Å². The van der Waals surface area contributed by atoms with Gasteiger partial charge >= 0.3 is 11.9 Å². The third kappa shape index (κ3) is 9.59. The van der Waals surface area contributed by atoms with Crippen LogP contribution < -0.4 is 0 Å². The van der Waals surface area contributed by atoms with Crippen LogP contribution in [0.2, 0.25) is 0 Å². The molecule has 0 aliphatic rings. The molecular weight excluding hydrogens is 256 g/mol. The van der Waals surface area contributed by atoms with E-state index in [1.165, 1.54) is 0 Å². The van der Waals surface area contributed by atoms with Gasteiger partial charge in [0.05, 0.1) is 6.61 Å². The predicted molar refractivity (Wildman–Crippen MR) is 79.2 cm³/mol. The van der Waals surface area contributed by atoms with Crippen molar-refractivity contribution >= 4 is 11.9 Å². The zero-order chi connectivity index (χ0) is 15.8. The van der Waals surface area contributed by atoms with E-state index in [0.717, 1.165) is 25.0 Å². The molecule has 0 fully saturated rings. The minimum absolute atomic E-state index is 0.124. The lowest BCUT2D eigenvalue weighted by Crippen LogP contribution is -2.28. The summed E-state index contributed by atoms with van der Waals surface area (Å²) in [6, 6.07) is 0. The van der Waals surface area contributed by atoms with Crippen LogP contribution in [0.15, 0.2) is 12.2 Å². The summed E-state index contributed by atoms with van der Waals surface area (Å²) >= 11 is 0. The number of hydrogen-bond acceptors (Lipinski definition) is 4. The number of carbonyl (C=O) groups excluding carboxylic acids is 2. The lowest BCUT2D eigenvalue weighted by Gasteiger charge is -2.26. The molecule has 0 radical (unpaired) electrons. The molecule has 0 rings (SSSR count). The third-order valence-corrected chi connectivity index (χ3v) is 3.04. The fraction of sp³-hybridized carbons (Fsp3) is 0.750. The first-order chi connectivity index (χ1) is 9.12. The Hall–Kier alpha value is -1.32. The minimum Gasteiger partial charge on any atom is -0.463 e. The topological polar surface area (TPSA) is 52.6 Å². The summed E-state index contributed by atoms with van der Waals surface area (Å²) < 4.78 is 10.2. The van der Waals surface area contributed by atoms with E-state index in [1.54, 1.807) is 0 Å². The van der Waals surface area contributed by atoms with Crippen LogP contribution in [0, 0.1) is 11.3 Å². The molecule has 0 aliphatic heterocycles. The number of rotatable bonds is 7. The maximum absolute atomic E-state index is 11.5. The molecule has 1 atom stereocenters. The molecule has 0 aromatic rings. The Kier molecular flexibility index (Phi) is 8.19. The van der Waals surface area contributed by atoms with Crippen LogP contribution in [0.1, 0.15) is 54.4 Å². The molecule has 4 nitrogen and oxygen atoms in total. The van der Waals surface area contributed by atoms with E-state index in [2.05, 4.69) is 13.8 Å². The molecule has 1 unspecified atom stereocenters. The van der Waals surface area contributed by atoms with Gasteiger partial charge in [-0.3, -0.25) is 0 Å². The normalized spacial score (nSPS) is 13.6. The largest absolute Gasteiger partial charge is 0.463 e. The second kappa shape index (κ2) is 8.77. The molecule has 0 aromatic heterocycles. The zero-order valence-electron chi connectivity index (χ0n) is 13.6. The van der Waals surface area contributed by atoms with Crippen molar-refractivity contribution in [3.63, 3.8) is 0 Å². The fourth-order valence-corrected chi connectivity index (χ4v) is 1.24. The van der Waals surface area contributed by atoms with Crippen LogP contribution in [0.25, 0.3) is 0 Å². The van der Waals surface area contributed by atoms with Crippen LogP contribution in [-0.2, 0) is 19.1 Å². The van der Waals surface area contributed by atoms with Crippen LogP contribution >= 0.6 is 0 Å². The van der Waals surface area contributed by atoms with Gasteiger partial charge in [-0.2, -0.15) is 0 Å². The molecule has 4 heteroatoms. The van der Waals surface area contributed by atoms with Crippen molar-refractivity contribution in [1.29, 1.82) is 0 Å². The lowest BCUT2D eigenvalue weighted by molar-refractivity contribution is -0.147. The van der Waals surface area contributed by atoms with Gasteiger partial charge in [-0.15, -0.1) is 0 Å². The fourth-order valence-electron chi connectivity index (χ4n) is 1.24. The molecule has 0 aliphatic carbocycles. The smallest absolute Gasteiger partial charge is 0.331 e. The number of carbonyl (C=O) groups is 2. The minimum atomic E-state index is -0.522. The summed E-state index contributed by atoms with van der Waals surface area (Å²) in [6.07, 6.45) is 3.87. The van der Waals surface area contributed by atoms with E-state index < -0.39 is 11.9 Å². The van der Waals surface area contributed by atoms with Crippen molar-refractivity contribution in [2.45, 2.75) is 60.5 Å². The van der Waals surface area contributed by atoms with Crippen LogP contribution in [-0.4, -0.2) is 24.6 Å². The first-order valence-electron chi connectivity index (χ1n) is 7.18. The second-order valence-electron chi connectivity index (χ2n) is 6.48. The standard InChI is InChI=1S/C16H28O4/c1-12(2)8-7-11-19-14(17)9-10-15(18)20-13(3)16(4,5)6/h9-10,12-13H,7-8,11H2,1-6H3/b10-9+. The van der Waals surface area contributed by atoms with Gasteiger partial charge in [-0.1, -0.05) is 34.6 Å². The van der Waals surface area contributed by atoms with Gasteiger partial charge in [0.15, 0.2) is 0 Å². The Labute approximate surface area is 122 Å². The highest BCUT2D eigenvalue weighted by Gasteiger charge is 2.22. The number of ether oxygens (including phenoxy) is 2. The highest BCUT2D eigenvalue weighted by atomic mass is 16.5. The molecule has 0 N–H and O–H groups in total. The van der Waals surface area contributed by atoms with Crippen LogP contribution in [0.5, 0.6) is 0 Å². The Bertz CT molecular complexity index is 337. The number of hydrogen-bond donors (Lipinski definition) is 0. The van der Waals surface area contributed by atoms with Crippen LogP contribution in [0.4, 0.5) is 0 Å². The molecule has 116 valence electrons. The highest BCUT2D eigenvalue weighted by molar-refractivity contribution is 5.91. The molecule has 0 heterocycles. The predicted octanol–water partition coefficient (Wildman–Crippen LogP) is 3.50. The molecule has 0 saturated carbocycles. The van der Waals surface area contributed by atoms with Gasteiger partial charge < -0.3 is 9.47 Å². The molecule has 0 aromatic carbocycles. The summed E-state index contributed by atoms with van der Waals surface area (Å²) in [5, 5.41) is 0. The summed E-state index contributed by atoms with van der Waals surface area (Å²) in [5.74, 6) is -0.432. The monoisotopic (exact) mass is 284 g/mol. The van der Waals surface area contributed by atoms with Crippen molar-refractivity contribution in [3.8, 4) is 0 Å². The lowest BCUT2D eigenvalue weighted by atomic mass is 9.90. The van der Waals surface area contributed by atoms with E-state index >= 15 is 0 Å². The molecule has 20 heavy (non-hydrogen) atoms. The van der Waals surface area contributed by atoms with E-state index in [0.29, 0.717) is 12.5 Å². The van der Waals surface area contributed by atoms with Gasteiger partial charge in [0, 0.05) is 12.2 Å². The van der Waals surface area contributed by atoms with Crippen molar-refractivity contribution in [2.75, 3.05) is 6.61 Å². The van der Waals surface area contributed by atoms with E-state index in [-0.39, 0.29) is 11.5 Å². The first kappa shape index (κ1) is 18.7. The van der Waals surface area contributed by atoms with E-state index in [4.69, 9.17) is 9.47 Å². The maximum atomic E-state index is 11.5. The molecule has 0 saturated heterocycles. The molecule has 0 amide bonds. The van der Waals surface area contributed by atoms with Crippen molar-refractivity contribution in [3.05, 3.63) is 12.2 Å². The van der Waals surface area contributed by atoms with Gasteiger partial charge in [-0.25, -0.2) is 9.59 Å². The third-order valence-electron chi connectivity index (χ3n) is 3.04. The van der Waals surface area contributed by atoms with Gasteiger partial charge in [0.2, 0.25) is 0 Å². The summed E-state index contributed by atoms with van der Waals surface area (Å²) in [7, 11) is 0. The number of esters is 2.